The third-order valence-corrected chi connectivity index (χ3v) is 4.34. The van der Waals surface area contributed by atoms with Crippen molar-refractivity contribution in [2.45, 2.75) is 32.9 Å². The number of fused-ring (bicyclic) bond motifs is 1. The van der Waals surface area contributed by atoms with Gasteiger partial charge in [0, 0.05) is 19.1 Å². The molecule has 1 saturated heterocycles. The fraction of sp³-hybridized carbons (Fsp3) is 0.500. The van der Waals surface area contributed by atoms with Gasteiger partial charge >= 0.3 is 0 Å². The summed E-state index contributed by atoms with van der Waals surface area (Å²) in [6, 6.07) is 8.38. The van der Waals surface area contributed by atoms with Gasteiger partial charge in [-0.2, -0.15) is 0 Å². The summed E-state index contributed by atoms with van der Waals surface area (Å²) in [6.45, 7) is 6.41. The SMILES string of the molecule is Cc1nc2ccccc2n1CCNC(=O)C1CCNC1C. The Kier molecular flexibility index (Phi) is 3.92. The minimum Gasteiger partial charge on any atom is -0.354 e. The second-order valence-electron chi connectivity index (χ2n) is 5.73. The molecule has 5 nitrogen and oxygen atoms in total. The third kappa shape index (κ3) is 2.78. The standard InChI is InChI=1S/C16H22N4O/c1-11-13(7-8-17-11)16(21)18-9-10-20-12(2)19-14-5-3-4-6-15(14)20/h3-6,11,13,17H,7-10H2,1-2H3,(H,18,21). The van der Waals surface area contributed by atoms with E-state index in [0.29, 0.717) is 6.54 Å². The van der Waals surface area contributed by atoms with Crippen LogP contribution < -0.4 is 10.6 Å². The molecule has 1 amide bonds. The molecule has 1 aliphatic heterocycles. The number of hydrogen-bond donors (Lipinski definition) is 2. The molecule has 2 heterocycles. The van der Waals surface area contributed by atoms with E-state index < -0.39 is 0 Å². The minimum atomic E-state index is 0.102. The van der Waals surface area contributed by atoms with E-state index in [-0.39, 0.29) is 17.9 Å². The molecule has 1 aromatic carbocycles. The highest BCUT2D eigenvalue weighted by Crippen LogP contribution is 2.16. The Morgan fingerprint density at radius 3 is 3.05 bits per heavy atom. The average molecular weight is 286 g/mol. The van der Waals surface area contributed by atoms with Crippen LogP contribution in [0.15, 0.2) is 24.3 Å². The highest BCUT2D eigenvalue weighted by atomic mass is 16.1. The molecular formula is C16H22N4O. The van der Waals surface area contributed by atoms with Crippen LogP contribution in [0.4, 0.5) is 0 Å². The van der Waals surface area contributed by atoms with Gasteiger partial charge < -0.3 is 15.2 Å². The van der Waals surface area contributed by atoms with Gasteiger partial charge in [-0.15, -0.1) is 0 Å². The molecule has 21 heavy (non-hydrogen) atoms. The number of aromatic nitrogens is 2. The van der Waals surface area contributed by atoms with Crippen LogP contribution in [0.2, 0.25) is 0 Å². The highest BCUT2D eigenvalue weighted by Gasteiger charge is 2.28. The summed E-state index contributed by atoms with van der Waals surface area (Å²) in [6.07, 6.45) is 0.931. The first-order chi connectivity index (χ1) is 10.2. The number of para-hydroxylation sites is 2. The Hall–Kier alpha value is -1.88. The van der Waals surface area contributed by atoms with Gasteiger partial charge in [-0.05, 0) is 38.9 Å². The minimum absolute atomic E-state index is 0.102. The number of hydrogen-bond acceptors (Lipinski definition) is 3. The summed E-state index contributed by atoms with van der Waals surface area (Å²) >= 11 is 0. The zero-order valence-corrected chi connectivity index (χ0v) is 12.6. The maximum atomic E-state index is 12.2. The highest BCUT2D eigenvalue weighted by molar-refractivity contribution is 5.79. The van der Waals surface area contributed by atoms with Crippen molar-refractivity contribution in [2.75, 3.05) is 13.1 Å². The number of carbonyl (C=O) groups is 1. The van der Waals surface area contributed by atoms with Gasteiger partial charge in [-0.1, -0.05) is 12.1 Å². The smallest absolute Gasteiger partial charge is 0.224 e. The molecule has 1 fully saturated rings. The fourth-order valence-electron chi connectivity index (χ4n) is 3.12. The van der Waals surface area contributed by atoms with Crippen molar-refractivity contribution >= 4 is 16.9 Å². The average Bonchev–Trinajstić information content (AvgIpc) is 3.03. The van der Waals surface area contributed by atoms with Crippen LogP contribution in [0.1, 0.15) is 19.2 Å². The van der Waals surface area contributed by atoms with E-state index in [4.69, 9.17) is 0 Å². The number of nitrogens with one attached hydrogen (secondary N) is 2. The van der Waals surface area contributed by atoms with E-state index in [1.165, 1.54) is 0 Å². The number of carbonyl (C=O) groups excluding carboxylic acids is 1. The van der Waals surface area contributed by atoms with Crippen molar-refractivity contribution < 1.29 is 4.79 Å². The predicted molar refractivity (Wildman–Crippen MR) is 83.1 cm³/mol. The Balaban J connectivity index is 1.62. The molecule has 1 aromatic heterocycles. The monoisotopic (exact) mass is 286 g/mol. The van der Waals surface area contributed by atoms with Gasteiger partial charge in [0.2, 0.25) is 5.91 Å². The Morgan fingerprint density at radius 2 is 2.29 bits per heavy atom. The zero-order valence-electron chi connectivity index (χ0n) is 12.6. The van der Waals surface area contributed by atoms with Crippen LogP contribution in [0, 0.1) is 12.8 Å². The fourth-order valence-corrected chi connectivity index (χ4v) is 3.12. The molecule has 0 spiro atoms. The second-order valence-corrected chi connectivity index (χ2v) is 5.73. The first kappa shape index (κ1) is 14.1. The van der Waals surface area contributed by atoms with Gasteiger partial charge in [0.1, 0.15) is 5.82 Å². The lowest BCUT2D eigenvalue weighted by Gasteiger charge is -2.15. The number of nitrogens with zero attached hydrogens (tertiary/aromatic N) is 2. The molecule has 2 N–H and O–H groups in total. The molecular weight excluding hydrogens is 264 g/mol. The molecule has 0 aliphatic carbocycles. The van der Waals surface area contributed by atoms with E-state index >= 15 is 0 Å². The van der Waals surface area contributed by atoms with Gasteiger partial charge in [0.15, 0.2) is 0 Å². The third-order valence-electron chi connectivity index (χ3n) is 4.34. The summed E-state index contributed by atoms with van der Waals surface area (Å²) in [5.41, 5.74) is 2.13. The number of imidazole rings is 1. The predicted octanol–water partition coefficient (Wildman–Crippen LogP) is 1.46. The Morgan fingerprint density at radius 1 is 1.48 bits per heavy atom. The van der Waals surface area contributed by atoms with Crippen molar-refractivity contribution in [2.24, 2.45) is 5.92 Å². The zero-order chi connectivity index (χ0) is 14.8. The van der Waals surface area contributed by atoms with Crippen molar-refractivity contribution in [1.29, 1.82) is 0 Å². The van der Waals surface area contributed by atoms with Crippen LogP contribution >= 0.6 is 0 Å². The molecule has 0 radical (unpaired) electrons. The van der Waals surface area contributed by atoms with E-state index in [9.17, 15) is 4.79 Å². The Labute approximate surface area is 124 Å². The van der Waals surface area contributed by atoms with Crippen molar-refractivity contribution in [3.05, 3.63) is 30.1 Å². The van der Waals surface area contributed by atoms with Gasteiger partial charge in [-0.3, -0.25) is 4.79 Å². The lowest BCUT2D eigenvalue weighted by Crippen LogP contribution is -2.38. The summed E-state index contributed by atoms with van der Waals surface area (Å²) in [4.78, 5) is 16.7. The van der Waals surface area contributed by atoms with Crippen molar-refractivity contribution in [3.8, 4) is 0 Å². The molecule has 0 bridgehead atoms. The summed E-state index contributed by atoms with van der Waals surface area (Å²) < 4.78 is 2.16. The lowest BCUT2D eigenvalue weighted by atomic mass is 10.0. The van der Waals surface area contributed by atoms with Crippen LogP contribution in [-0.2, 0) is 11.3 Å². The van der Waals surface area contributed by atoms with Crippen molar-refractivity contribution in [3.63, 3.8) is 0 Å². The maximum absolute atomic E-state index is 12.2. The summed E-state index contributed by atoms with van der Waals surface area (Å²) in [5.74, 6) is 1.25. The number of rotatable bonds is 4. The molecule has 3 rings (SSSR count). The first-order valence-electron chi connectivity index (χ1n) is 7.60. The van der Waals surface area contributed by atoms with E-state index in [2.05, 4.69) is 33.2 Å². The summed E-state index contributed by atoms with van der Waals surface area (Å²) in [5, 5.41) is 6.37. The van der Waals surface area contributed by atoms with Crippen LogP contribution in [0.3, 0.4) is 0 Å². The normalized spacial score (nSPS) is 21.8. The van der Waals surface area contributed by atoms with E-state index in [1.54, 1.807) is 0 Å². The second kappa shape index (κ2) is 5.85. The molecule has 1 aliphatic rings. The molecule has 2 aromatic rings. The van der Waals surface area contributed by atoms with Crippen molar-refractivity contribution in [1.82, 2.24) is 20.2 Å². The van der Waals surface area contributed by atoms with E-state index in [1.807, 2.05) is 25.1 Å². The van der Waals surface area contributed by atoms with Gasteiger partial charge in [0.25, 0.3) is 0 Å². The largest absolute Gasteiger partial charge is 0.354 e. The van der Waals surface area contributed by atoms with Crippen LogP contribution in [0.25, 0.3) is 11.0 Å². The number of aryl methyl sites for hydroxylation is 1. The van der Waals surface area contributed by atoms with E-state index in [0.717, 1.165) is 36.4 Å². The van der Waals surface area contributed by atoms with Crippen LogP contribution in [0.5, 0.6) is 0 Å². The quantitative estimate of drug-likeness (QED) is 0.894. The molecule has 0 saturated carbocycles. The topological polar surface area (TPSA) is 59.0 Å². The maximum Gasteiger partial charge on any atom is 0.224 e. The molecule has 5 heteroatoms. The molecule has 2 atom stereocenters. The van der Waals surface area contributed by atoms with Gasteiger partial charge in [-0.25, -0.2) is 4.98 Å². The summed E-state index contributed by atoms with van der Waals surface area (Å²) in [7, 11) is 0. The molecule has 112 valence electrons. The Bertz CT molecular complexity index is 649. The molecule has 2 unspecified atom stereocenters. The number of amides is 1. The van der Waals surface area contributed by atoms with Gasteiger partial charge in [0.05, 0.1) is 17.0 Å². The van der Waals surface area contributed by atoms with Crippen LogP contribution in [-0.4, -0.2) is 34.6 Å². The lowest BCUT2D eigenvalue weighted by molar-refractivity contribution is -0.125. The first-order valence-corrected chi connectivity index (χ1v) is 7.60. The number of benzene rings is 1.